The zero-order valence-electron chi connectivity index (χ0n) is 20.0. The summed E-state index contributed by atoms with van der Waals surface area (Å²) in [5.74, 6) is -0.491. The number of hydrogen-bond acceptors (Lipinski definition) is 5. The lowest BCUT2D eigenvalue weighted by atomic mass is 9.95. The number of hydrogen-bond donors (Lipinski definition) is 1. The molecule has 1 aromatic heterocycles. The van der Waals surface area contributed by atoms with Gasteiger partial charge >= 0.3 is 0 Å². The molecule has 2 aliphatic heterocycles. The van der Waals surface area contributed by atoms with Crippen molar-refractivity contribution in [1.29, 1.82) is 0 Å². The van der Waals surface area contributed by atoms with Gasteiger partial charge in [-0.15, -0.1) is 0 Å². The maximum atomic E-state index is 13.7. The second-order valence-corrected chi connectivity index (χ2v) is 9.37. The van der Waals surface area contributed by atoms with Crippen LogP contribution in [0.2, 0.25) is 0 Å². The van der Waals surface area contributed by atoms with E-state index in [2.05, 4.69) is 10.3 Å². The number of pyridine rings is 1. The Morgan fingerprint density at radius 3 is 2.47 bits per heavy atom. The van der Waals surface area contributed by atoms with Crippen molar-refractivity contribution in [2.45, 2.75) is 51.9 Å². The standard InChI is InChI=1S/C26H32N4O4/c1-18(2)24(32)29-13-10-26(11-14-29)30(25(33)21-8-6-19(3)7-9-21)22(17-34-26)23(31)28-16-20-5-4-12-27-15-20/h4-9,12,15,18,22H,10-11,13-14,16-17H2,1-3H3,(H,28,31). The predicted molar refractivity (Wildman–Crippen MR) is 127 cm³/mol. The van der Waals surface area contributed by atoms with E-state index in [1.165, 1.54) is 0 Å². The minimum absolute atomic E-state index is 0.0881. The van der Waals surface area contributed by atoms with Crippen molar-refractivity contribution in [2.24, 2.45) is 5.92 Å². The number of aromatic nitrogens is 1. The third kappa shape index (κ3) is 4.82. The van der Waals surface area contributed by atoms with Gasteiger partial charge in [0.25, 0.3) is 5.91 Å². The van der Waals surface area contributed by atoms with Crippen molar-refractivity contribution in [3.05, 3.63) is 65.5 Å². The second kappa shape index (κ2) is 9.93. The summed E-state index contributed by atoms with van der Waals surface area (Å²) in [6.45, 7) is 7.14. The maximum Gasteiger partial charge on any atom is 0.256 e. The summed E-state index contributed by atoms with van der Waals surface area (Å²) in [5.41, 5.74) is 1.53. The Morgan fingerprint density at radius 2 is 1.85 bits per heavy atom. The van der Waals surface area contributed by atoms with Crippen LogP contribution in [-0.4, -0.2) is 64.0 Å². The second-order valence-electron chi connectivity index (χ2n) is 9.37. The van der Waals surface area contributed by atoms with Crippen LogP contribution in [0.1, 0.15) is 48.2 Å². The predicted octanol–water partition coefficient (Wildman–Crippen LogP) is 2.52. The van der Waals surface area contributed by atoms with Gasteiger partial charge in [-0.25, -0.2) is 0 Å². The van der Waals surface area contributed by atoms with E-state index < -0.39 is 11.8 Å². The molecule has 0 bridgehead atoms. The first kappa shape index (κ1) is 23.9. The monoisotopic (exact) mass is 464 g/mol. The summed E-state index contributed by atoms with van der Waals surface area (Å²) in [4.78, 5) is 47.0. The van der Waals surface area contributed by atoms with Crippen molar-refractivity contribution < 1.29 is 19.1 Å². The molecule has 1 N–H and O–H groups in total. The summed E-state index contributed by atoms with van der Waals surface area (Å²) < 4.78 is 6.23. The van der Waals surface area contributed by atoms with Crippen LogP contribution in [0.15, 0.2) is 48.8 Å². The van der Waals surface area contributed by atoms with Gasteiger partial charge in [-0.1, -0.05) is 37.6 Å². The summed E-state index contributed by atoms with van der Waals surface area (Å²) in [7, 11) is 0. The molecule has 3 heterocycles. The minimum atomic E-state index is -0.911. The molecule has 4 rings (SSSR count). The van der Waals surface area contributed by atoms with E-state index in [4.69, 9.17) is 4.74 Å². The van der Waals surface area contributed by atoms with Gasteiger partial charge in [0.15, 0.2) is 0 Å². The molecule has 1 aromatic carbocycles. The van der Waals surface area contributed by atoms with E-state index >= 15 is 0 Å². The fourth-order valence-electron chi connectivity index (χ4n) is 4.65. The number of carbonyl (C=O) groups excluding carboxylic acids is 3. The Bertz CT molecular complexity index is 1030. The molecule has 1 atom stereocenters. The number of nitrogens with one attached hydrogen (secondary N) is 1. The Labute approximate surface area is 200 Å². The molecule has 8 heteroatoms. The number of aryl methyl sites for hydroxylation is 1. The number of benzene rings is 1. The van der Waals surface area contributed by atoms with E-state index in [1.54, 1.807) is 29.4 Å². The normalized spacial score (nSPS) is 19.5. The first-order valence-electron chi connectivity index (χ1n) is 11.8. The van der Waals surface area contributed by atoms with Gasteiger partial charge in [0, 0.05) is 56.4 Å². The molecule has 34 heavy (non-hydrogen) atoms. The SMILES string of the molecule is Cc1ccc(C(=O)N2C(C(=O)NCc3cccnc3)COC23CCN(C(=O)C(C)C)CC3)cc1. The third-order valence-corrected chi connectivity index (χ3v) is 6.62. The molecule has 0 saturated carbocycles. The highest BCUT2D eigenvalue weighted by Crippen LogP contribution is 2.38. The Morgan fingerprint density at radius 1 is 1.15 bits per heavy atom. The molecule has 2 aromatic rings. The summed E-state index contributed by atoms with van der Waals surface area (Å²) >= 11 is 0. The lowest BCUT2D eigenvalue weighted by molar-refractivity contribution is -0.146. The van der Waals surface area contributed by atoms with Gasteiger partial charge in [0.1, 0.15) is 11.8 Å². The number of carbonyl (C=O) groups is 3. The van der Waals surface area contributed by atoms with Gasteiger partial charge in [-0.05, 0) is 30.7 Å². The summed E-state index contributed by atoms with van der Waals surface area (Å²) in [5, 5.41) is 2.93. The summed E-state index contributed by atoms with van der Waals surface area (Å²) in [6, 6.07) is 10.3. The van der Waals surface area contributed by atoms with Gasteiger partial charge in [-0.2, -0.15) is 0 Å². The zero-order valence-corrected chi connectivity index (χ0v) is 20.0. The van der Waals surface area contributed by atoms with Crippen LogP contribution in [0, 0.1) is 12.8 Å². The lowest BCUT2D eigenvalue weighted by Crippen LogP contribution is -2.60. The minimum Gasteiger partial charge on any atom is -0.353 e. The average molecular weight is 465 g/mol. The highest BCUT2D eigenvalue weighted by Gasteiger charge is 2.54. The van der Waals surface area contributed by atoms with Gasteiger partial charge in [0.2, 0.25) is 11.8 Å². The first-order chi connectivity index (χ1) is 16.3. The number of likely N-dealkylation sites (tertiary alicyclic amines) is 1. The Balaban J connectivity index is 1.56. The molecule has 0 radical (unpaired) electrons. The molecule has 180 valence electrons. The van der Waals surface area contributed by atoms with Gasteiger partial charge < -0.3 is 15.0 Å². The number of piperidine rings is 1. The Hall–Kier alpha value is -3.26. The van der Waals surface area contributed by atoms with E-state index in [-0.39, 0.29) is 30.2 Å². The molecule has 2 fully saturated rings. The highest BCUT2D eigenvalue weighted by atomic mass is 16.5. The number of nitrogens with zero attached hydrogens (tertiary/aromatic N) is 3. The zero-order chi connectivity index (χ0) is 24.3. The van der Waals surface area contributed by atoms with Crippen molar-refractivity contribution in [3.63, 3.8) is 0 Å². The van der Waals surface area contributed by atoms with Crippen LogP contribution in [0.5, 0.6) is 0 Å². The van der Waals surface area contributed by atoms with Crippen LogP contribution in [0.3, 0.4) is 0 Å². The molecule has 1 unspecified atom stereocenters. The fourth-order valence-corrected chi connectivity index (χ4v) is 4.65. The van der Waals surface area contributed by atoms with E-state index in [0.29, 0.717) is 38.0 Å². The molecule has 8 nitrogen and oxygen atoms in total. The van der Waals surface area contributed by atoms with Crippen LogP contribution in [0.25, 0.3) is 0 Å². The fraction of sp³-hybridized carbons (Fsp3) is 0.462. The Kier molecular flexibility index (Phi) is 6.97. The van der Waals surface area contributed by atoms with Crippen LogP contribution in [0.4, 0.5) is 0 Å². The van der Waals surface area contributed by atoms with E-state index in [1.807, 2.05) is 49.9 Å². The average Bonchev–Trinajstić information content (AvgIpc) is 3.21. The molecule has 3 amide bonds. The molecular weight excluding hydrogens is 432 g/mol. The molecule has 1 spiro atoms. The largest absolute Gasteiger partial charge is 0.353 e. The van der Waals surface area contributed by atoms with Crippen LogP contribution < -0.4 is 5.32 Å². The van der Waals surface area contributed by atoms with Gasteiger partial charge in [-0.3, -0.25) is 24.3 Å². The number of rotatable bonds is 5. The molecule has 2 aliphatic rings. The molecule has 0 aliphatic carbocycles. The lowest BCUT2D eigenvalue weighted by Gasteiger charge is -2.44. The highest BCUT2D eigenvalue weighted by molar-refractivity contribution is 5.98. The first-order valence-corrected chi connectivity index (χ1v) is 11.8. The maximum absolute atomic E-state index is 13.7. The smallest absolute Gasteiger partial charge is 0.256 e. The van der Waals surface area contributed by atoms with E-state index in [0.717, 1.165) is 11.1 Å². The van der Waals surface area contributed by atoms with Crippen LogP contribution >= 0.6 is 0 Å². The van der Waals surface area contributed by atoms with Crippen molar-refractivity contribution in [3.8, 4) is 0 Å². The van der Waals surface area contributed by atoms with E-state index in [9.17, 15) is 14.4 Å². The van der Waals surface area contributed by atoms with Gasteiger partial charge in [0.05, 0.1) is 6.61 Å². The summed E-state index contributed by atoms with van der Waals surface area (Å²) in [6.07, 6.45) is 4.31. The molecular formula is C26H32N4O4. The third-order valence-electron chi connectivity index (χ3n) is 6.62. The van der Waals surface area contributed by atoms with Crippen LogP contribution in [-0.2, 0) is 20.9 Å². The van der Waals surface area contributed by atoms with Crippen molar-refractivity contribution in [1.82, 2.24) is 20.1 Å². The molecule has 2 saturated heterocycles. The quantitative estimate of drug-likeness (QED) is 0.734. The number of ether oxygens (including phenoxy) is 1. The number of amides is 3. The van der Waals surface area contributed by atoms with Crippen molar-refractivity contribution >= 4 is 17.7 Å². The topological polar surface area (TPSA) is 91.8 Å². The van der Waals surface area contributed by atoms with Crippen molar-refractivity contribution in [2.75, 3.05) is 19.7 Å².